The number of halogens is 1. The van der Waals surface area contributed by atoms with Gasteiger partial charge in [0.1, 0.15) is 11.3 Å². The molecule has 0 aliphatic rings. The number of esters is 1. The summed E-state index contributed by atoms with van der Waals surface area (Å²) in [5.41, 5.74) is 8.96. The molecule has 0 heterocycles. The van der Waals surface area contributed by atoms with Gasteiger partial charge in [-0.05, 0) is 66.6 Å². The van der Waals surface area contributed by atoms with Gasteiger partial charge in [-0.25, -0.2) is 9.59 Å². The van der Waals surface area contributed by atoms with Crippen molar-refractivity contribution in [3.8, 4) is 0 Å². The number of amides is 1. The third kappa shape index (κ3) is 6.61. The van der Waals surface area contributed by atoms with Crippen molar-refractivity contribution in [1.82, 2.24) is 0 Å². The number of hydrogen-bond donors (Lipinski definition) is 0. The SMILES string of the molecule is C=CCN(C(=O)OC(C)(C)C)c1cccc(/C=C(/N=[N+]=[N-])C(=O)OC)c1I. The Kier molecular flexibility index (Phi) is 8.32. The molecule has 0 fully saturated rings. The Hall–Kier alpha value is -2.52. The molecule has 9 heteroatoms. The minimum atomic E-state index is -0.760. The summed E-state index contributed by atoms with van der Waals surface area (Å²) in [4.78, 5) is 28.4. The van der Waals surface area contributed by atoms with E-state index in [2.05, 4.69) is 21.3 Å². The first-order chi connectivity index (χ1) is 12.6. The molecule has 0 spiro atoms. The number of carbonyl (C=O) groups excluding carboxylic acids is 2. The van der Waals surface area contributed by atoms with Gasteiger partial charge >= 0.3 is 12.1 Å². The van der Waals surface area contributed by atoms with Crippen molar-refractivity contribution in [2.24, 2.45) is 5.11 Å². The Balaban J connectivity index is 3.42. The smallest absolute Gasteiger partial charge is 0.415 e. The topological polar surface area (TPSA) is 105 Å². The molecule has 144 valence electrons. The van der Waals surface area contributed by atoms with Crippen molar-refractivity contribution in [3.05, 3.63) is 56.1 Å². The number of anilines is 1. The number of rotatable bonds is 6. The van der Waals surface area contributed by atoms with Crippen LogP contribution in [0.2, 0.25) is 0 Å². The Bertz CT molecular complexity index is 808. The van der Waals surface area contributed by atoms with Crippen molar-refractivity contribution in [2.75, 3.05) is 18.6 Å². The lowest BCUT2D eigenvalue weighted by atomic mass is 10.1. The van der Waals surface area contributed by atoms with E-state index in [1.54, 1.807) is 45.0 Å². The number of carbonyl (C=O) groups is 2. The van der Waals surface area contributed by atoms with E-state index in [0.717, 1.165) is 0 Å². The fourth-order valence-electron chi connectivity index (χ4n) is 2.00. The molecule has 0 radical (unpaired) electrons. The molecule has 0 aromatic heterocycles. The molecule has 1 aromatic carbocycles. The van der Waals surface area contributed by atoms with Crippen LogP contribution in [0.1, 0.15) is 26.3 Å². The fraction of sp³-hybridized carbons (Fsp3) is 0.333. The first kappa shape index (κ1) is 22.5. The van der Waals surface area contributed by atoms with Crippen molar-refractivity contribution in [2.45, 2.75) is 26.4 Å². The molecule has 0 unspecified atom stereocenters. The van der Waals surface area contributed by atoms with E-state index < -0.39 is 17.7 Å². The zero-order valence-corrected chi connectivity index (χ0v) is 17.8. The summed E-state index contributed by atoms with van der Waals surface area (Å²) >= 11 is 2.05. The molecule has 0 saturated carbocycles. The summed E-state index contributed by atoms with van der Waals surface area (Å²) in [6.45, 7) is 9.26. The Morgan fingerprint density at radius 2 is 2.07 bits per heavy atom. The van der Waals surface area contributed by atoms with Gasteiger partial charge in [-0.2, -0.15) is 0 Å². The normalized spacial score (nSPS) is 11.2. The highest BCUT2D eigenvalue weighted by Gasteiger charge is 2.24. The zero-order chi connectivity index (χ0) is 20.6. The number of benzene rings is 1. The summed E-state index contributed by atoms with van der Waals surface area (Å²) < 4.78 is 10.7. The van der Waals surface area contributed by atoms with Gasteiger partial charge in [0.15, 0.2) is 0 Å². The van der Waals surface area contributed by atoms with Crippen LogP contribution in [-0.2, 0) is 14.3 Å². The van der Waals surface area contributed by atoms with Crippen molar-refractivity contribution in [1.29, 1.82) is 0 Å². The van der Waals surface area contributed by atoms with Gasteiger partial charge in [-0.15, -0.1) is 6.58 Å². The van der Waals surface area contributed by atoms with E-state index in [1.807, 2.05) is 22.6 Å². The second kappa shape index (κ2) is 9.98. The lowest BCUT2D eigenvalue weighted by Crippen LogP contribution is -2.37. The molecule has 8 nitrogen and oxygen atoms in total. The summed E-state index contributed by atoms with van der Waals surface area (Å²) in [7, 11) is 1.19. The van der Waals surface area contributed by atoms with Gasteiger partial charge in [0, 0.05) is 15.0 Å². The molecule has 1 aromatic rings. The molecule has 1 amide bonds. The molecular formula is C18H21IN4O4. The van der Waals surface area contributed by atoms with Crippen molar-refractivity contribution < 1.29 is 19.1 Å². The predicted octanol–water partition coefficient (Wildman–Crippen LogP) is 5.04. The summed E-state index contributed by atoms with van der Waals surface area (Å²) in [6.07, 6.45) is 2.46. The Labute approximate surface area is 171 Å². The monoisotopic (exact) mass is 484 g/mol. The molecule has 0 bridgehead atoms. The standard InChI is InChI=1S/C18H21IN4O4/c1-6-10-23(17(25)27-18(2,3)4)14-9-7-8-12(15(14)19)11-13(21-22-20)16(24)26-5/h6-9,11H,1,10H2,2-5H3/b13-11+. The minimum Gasteiger partial charge on any atom is -0.466 e. The van der Waals surface area contributed by atoms with Gasteiger partial charge in [-0.1, -0.05) is 23.3 Å². The van der Waals surface area contributed by atoms with E-state index >= 15 is 0 Å². The van der Waals surface area contributed by atoms with Gasteiger partial charge in [0.05, 0.1) is 12.8 Å². The van der Waals surface area contributed by atoms with E-state index in [4.69, 9.17) is 10.3 Å². The molecule has 27 heavy (non-hydrogen) atoms. The van der Waals surface area contributed by atoms with Crippen LogP contribution in [0.15, 0.2) is 41.7 Å². The second-order valence-corrected chi connectivity index (χ2v) is 7.35. The summed E-state index contributed by atoms with van der Waals surface area (Å²) in [5.74, 6) is -0.760. The van der Waals surface area contributed by atoms with Gasteiger partial charge in [0.2, 0.25) is 0 Å². The van der Waals surface area contributed by atoms with Gasteiger partial charge in [0.25, 0.3) is 0 Å². The number of ether oxygens (including phenoxy) is 2. The molecule has 0 aliphatic heterocycles. The summed E-state index contributed by atoms with van der Waals surface area (Å²) in [6, 6.07) is 5.19. The third-order valence-electron chi connectivity index (χ3n) is 3.06. The highest BCUT2D eigenvalue weighted by atomic mass is 127. The number of hydrogen-bond acceptors (Lipinski definition) is 5. The third-order valence-corrected chi connectivity index (χ3v) is 4.24. The van der Waals surface area contributed by atoms with E-state index in [9.17, 15) is 9.59 Å². The van der Waals surface area contributed by atoms with Crippen LogP contribution >= 0.6 is 22.6 Å². The molecule has 0 atom stereocenters. The summed E-state index contributed by atoms with van der Waals surface area (Å²) in [5, 5.41) is 3.37. The molecule has 0 N–H and O–H groups in total. The van der Waals surface area contributed by atoms with Crippen LogP contribution in [0.5, 0.6) is 0 Å². The average molecular weight is 484 g/mol. The fourth-order valence-corrected chi connectivity index (χ4v) is 2.81. The Morgan fingerprint density at radius 1 is 1.41 bits per heavy atom. The number of azide groups is 1. The van der Waals surface area contributed by atoms with Crippen LogP contribution in [0, 0.1) is 3.57 Å². The molecule has 1 rings (SSSR count). The van der Waals surface area contributed by atoms with E-state index in [-0.39, 0.29) is 12.2 Å². The highest BCUT2D eigenvalue weighted by molar-refractivity contribution is 14.1. The lowest BCUT2D eigenvalue weighted by Gasteiger charge is -2.27. The maximum Gasteiger partial charge on any atom is 0.415 e. The predicted molar refractivity (Wildman–Crippen MR) is 112 cm³/mol. The van der Waals surface area contributed by atoms with Crippen LogP contribution in [0.4, 0.5) is 10.5 Å². The largest absolute Gasteiger partial charge is 0.466 e. The number of nitrogens with zero attached hydrogens (tertiary/aromatic N) is 4. The van der Waals surface area contributed by atoms with Crippen LogP contribution in [0.3, 0.4) is 0 Å². The van der Waals surface area contributed by atoms with Crippen molar-refractivity contribution in [3.63, 3.8) is 0 Å². The molecular weight excluding hydrogens is 463 g/mol. The van der Waals surface area contributed by atoms with Crippen LogP contribution < -0.4 is 4.90 Å². The number of methoxy groups -OCH3 is 1. The van der Waals surface area contributed by atoms with E-state index in [1.165, 1.54) is 18.1 Å². The lowest BCUT2D eigenvalue weighted by molar-refractivity contribution is -0.136. The maximum absolute atomic E-state index is 12.6. The first-order valence-electron chi connectivity index (χ1n) is 7.89. The second-order valence-electron chi connectivity index (χ2n) is 6.27. The quantitative estimate of drug-likeness (QED) is 0.107. The van der Waals surface area contributed by atoms with Crippen molar-refractivity contribution >= 4 is 46.4 Å². The van der Waals surface area contributed by atoms with Gasteiger partial charge < -0.3 is 9.47 Å². The minimum absolute atomic E-state index is 0.192. The van der Waals surface area contributed by atoms with Crippen LogP contribution in [-0.4, -0.2) is 31.3 Å². The maximum atomic E-state index is 12.6. The first-order valence-corrected chi connectivity index (χ1v) is 8.97. The van der Waals surface area contributed by atoms with Gasteiger partial charge in [-0.3, -0.25) is 4.90 Å². The molecule has 0 aliphatic carbocycles. The molecule has 0 saturated heterocycles. The zero-order valence-electron chi connectivity index (χ0n) is 15.6. The van der Waals surface area contributed by atoms with Crippen LogP contribution in [0.25, 0.3) is 16.5 Å². The highest BCUT2D eigenvalue weighted by Crippen LogP contribution is 2.29. The Morgan fingerprint density at radius 3 is 2.59 bits per heavy atom. The van der Waals surface area contributed by atoms with E-state index in [0.29, 0.717) is 14.8 Å². The average Bonchev–Trinajstić information content (AvgIpc) is 2.59.